The van der Waals surface area contributed by atoms with Crippen LogP contribution in [0.3, 0.4) is 0 Å². The summed E-state index contributed by atoms with van der Waals surface area (Å²) in [5.74, 6) is -0.120. The maximum Gasteiger partial charge on any atom is 0.410 e. The van der Waals surface area contributed by atoms with Gasteiger partial charge >= 0.3 is 6.09 Å². The quantitative estimate of drug-likeness (QED) is 0.705. The van der Waals surface area contributed by atoms with Crippen LogP contribution in [-0.2, 0) is 4.74 Å². The van der Waals surface area contributed by atoms with Gasteiger partial charge in [0.05, 0.1) is 6.54 Å². The second kappa shape index (κ2) is 3.83. The van der Waals surface area contributed by atoms with Gasteiger partial charge in [-0.15, -0.1) is 0 Å². The Morgan fingerprint density at radius 1 is 1.53 bits per heavy atom. The van der Waals surface area contributed by atoms with Crippen molar-refractivity contribution in [1.82, 2.24) is 4.90 Å². The van der Waals surface area contributed by atoms with Crippen LogP contribution < -0.4 is 5.73 Å². The lowest BCUT2D eigenvalue weighted by molar-refractivity contribution is 0.0253. The Hall–Kier alpha value is -0.840. The first-order valence-corrected chi connectivity index (χ1v) is 6.12. The Morgan fingerprint density at radius 2 is 2.18 bits per heavy atom. The molecule has 1 aliphatic heterocycles. The summed E-state index contributed by atoms with van der Waals surface area (Å²) in [7, 11) is 0. The van der Waals surface area contributed by atoms with Gasteiger partial charge in [0.15, 0.2) is 0 Å². The van der Waals surface area contributed by atoms with E-state index in [1.807, 2.05) is 20.8 Å². The second-order valence-corrected chi connectivity index (χ2v) is 6.29. The number of fused-ring (bicyclic) bond motifs is 1. The highest BCUT2D eigenvalue weighted by atomic mass is 19.1. The van der Waals surface area contributed by atoms with Gasteiger partial charge in [-0.1, -0.05) is 0 Å². The average Bonchev–Trinajstić information content (AvgIpc) is 2.51. The maximum absolute atomic E-state index is 14.5. The topological polar surface area (TPSA) is 55.6 Å². The molecule has 2 aliphatic rings. The van der Waals surface area contributed by atoms with Crippen LogP contribution in [0.15, 0.2) is 0 Å². The van der Waals surface area contributed by atoms with Crippen LogP contribution in [0.1, 0.15) is 33.6 Å². The number of likely N-dealkylation sites (tertiary alicyclic amines) is 1. The summed E-state index contributed by atoms with van der Waals surface area (Å²) in [5, 5.41) is 0. The Balaban J connectivity index is 1.98. The molecule has 0 bridgehead atoms. The molecular formula is C12H21FN2O2. The number of nitrogens with zero attached hydrogens (tertiary/aromatic N) is 1. The predicted octanol–water partition coefficient (Wildman–Crippen LogP) is 1.68. The normalized spacial score (nSPS) is 37.1. The third-order valence-corrected chi connectivity index (χ3v) is 3.47. The Morgan fingerprint density at radius 3 is 2.71 bits per heavy atom. The number of ether oxygens (including phenoxy) is 1. The molecule has 2 fully saturated rings. The maximum atomic E-state index is 14.5. The van der Waals surface area contributed by atoms with Crippen LogP contribution in [-0.4, -0.2) is 41.4 Å². The first-order chi connectivity index (χ1) is 7.70. The van der Waals surface area contributed by atoms with Gasteiger partial charge in [-0.2, -0.15) is 0 Å². The van der Waals surface area contributed by atoms with Crippen molar-refractivity contribution in [2.75, 3.05) is 13.1 Å². The molecule has 1 heterocycles. The lowest BCUT2D eigenvalue weighted by atomic mass is 9.97. The Bertz CT molecular complexity index is 329. The number of hydrogen-bond donors (Lipinski definition) is 1. The van der Waals surface area contributed by atoms with E-state index in [4.69, 9.17) is 10.5 Å². The second-order valence-electron chi connectivity index (χ2n) is 6.29. The first kappa shape index (κ1) is 12.6. The number of nitrogens with two attached hydrogens (primary N) is 1. The SMILES string of the molecule is CC(C)(C)OC(=O)N1C[C@H]2CC(N)C[C@@]2(F)C1. The van der Waals surface area contributed by atoms with Crippen molar-refractivity contribution in [3.8, 4) is 0 Å². The minimum Gasteiger partial charge on any atom is -0.444 e. The summed E-state index contributed by atoms with van der Waals surface area (Å²) >= 11 is 0. The van der Waals surface area contributed by atoms with E-state index in [1.54, 1.807) is 0 Å². The molecule has 1 saturated carbocycles. The molecule has 1 unspecified atom stereocenters. The minimum atomic E-state index is -1.30. The van der Waals surface area contributed by atoms with Crippen LogP contribution in [0, 0.1) is 5.92 Å². The van der Waals surface area contributed by atoms with Crippen LogP contribution in [0.4, 0.5) is 9.18 Å². The van der Waals surface area contributed by atoms with Crippen molar-refractivity contribution < 1.29 is 13.9 Å². The lowest BCUT2D eigenvalue weighted by Gasteiger charge is -2.25. The average molecular weight is 244 g/mol. The van der Waals surface area contributed by atoms with Crippen LogP contribution in [0.25, 0.3) is 0 Å². The third kappa shape index (κ3) is 2.54. The van der Waals surface area contributed by atoms with Crippen molar-refractivity contribution in [2.24, 2.45) is 11.7 Å². The molecule has 4 nitrogen and oxygen atoms in total. The van der Waals surface area contributed by atoms with E-state index >= 15 is 0 Å². The molecule has 0 aromatic rings. The molecule has 17 heavy (non-hydrogen) atoms. The predicted molar refractivity (Wildman–Crippen MR) is 62.3 cm³/mol. The Labute approximate surface area is 101 Å². The van der Waals surface area contributed by atoms with E-state index < -0.39 is 17.4 Å². The van der Waals surface area contributed by atoms with E-state index in [0.717, 1.165) is 0 Å². The highest BCUT2D eigenvalue weighted by molar-refractivity contribution is 5.69. The van der Waals surface area contributed by atoms with E-state index in [-0.39, 0.29) is 18.5 Å². The Kier molecular flexibility index (Phi) is 2.84. The minimum absolute atomic E-state index is 0.0641. The van der Waals surface area contributed by atoms with Crippen molar-refractivity contribution in [2.45, 2.75) is 50.9 Å². The summed E-state index contributed by atoms with van der Waals surface area (Å²) in [4.78, 5) is 13.3. The summed E-state index contributed by atoms with van der Waals surface area (Å²) in [6.45, 7) is 5.98. The summed E-state index contributed by atoms with van der Waals surface area (Å²) in [6.07, 6.45) is 0.602. The first-order valence-electron chi connectivity index (χ1n) is 6.12. The van der Waals surface area contributed by atoms with E-state index in [9.17, 15) is 9.18 Å². The van der Waals surface area contributed by atoms with Gasteiger partial charge in [0.2, 0.25) is 0 Å². The highest BCUT2D eigenvalue weighted by Crippen LogP contribution is 2.44. The molecule has 1 aliphatic carbocycles. The van der Waals surface area contributed by atoms with Crippen molar-refractivity contribution in [1.29, 1.82) is 0 Å². The summed E-state index contributed by atoms with van der Waals surface area (Å²) < 4.78 is 19.7. The standard InChI is InChI=1S/C12H21FN2O2/c1-11(2,3)17-10(16)15-6-8-4-9(14)5-12(8,13)7-15/h8-9H,4-7,14H2,1-3H3/t8-,9?,12-/m1/s1. The lowest BCUT2D eigenvalue weighted by Crippen LogP contribution is -2.38. The summed E-state index contributed by atoms with van der Waals surface area (Å²) in [6, 6.07) is -0.0641. The zero-order chi connectivity index (χ0) is 12.8. The molecule has 3 atom stereocenters. The van der Waals surface area contributed by atoms with Gasteiger partial charge in [0, 0.05) is 18.5 Å². The molecular weight excluding hydrogens is 223 g/mol. The molecule has 1 saturated heterocycles. The van der Waals surface area contributed by atoms with E-state index in [1.165, 1.54) is 4.90 Å². The number of hydrogen-bond acceptors (Lipinski definition) is 3. The van der Waals surface area contributed by atoms with Crippen LogP contribution in [0.5, 0.6) is 0 Å². The van der Waals surface area contributed by atoms with Crippen molar-refractivity contribution in [3.63, 3.8) is 0 Å². The van der Waals surface area contributed by atoms with Gasteiger partial charge in [0.25, 0.3) is 0 Å². The van der Waals surface area contributed by atoms with Crippen molar-refractivity contribution in [3.05, 3.63) is 0 Å². The zero-order valence-corrected chi connectivity index (χ0v) is 10.7. The number of carbonyl (C=O) groups excluding carboxylic acids is 1. The molecule has 0 radical (unpaired) electrons. The zero-order valence-electron chi connectivity index (χ0n) is 10.7. The molecule has 0 aromatic heterocycles. The van der Waals surface area contributed by atoms with E-state index in [2.05, 4.69) is 0 Å². The monoisotopic (exact) mass is 244 g/mol. The van der Waals surface area contributed by atoms with Gasteiger partial charge in [-0.25, -0.2) is 9.18 Å². The van der Waals surface area contributed by atoms with Gasteiger partial charge in [-0.3, -0.25) is 0 Å². The largest absolute Gasteiger partial charge is 0.444 e. The van der Waals surface area contributed by atoms with Crippen molar-refractivity contribution >= 4 is 6.09 Å². The molecule has 5 heteroatoms. The number of alkyl halides is 1. The smallest absolute Gasteiger partial charge is 0.410 e. The highest BCUT2D eigenvalue weighted by Gasteiger charge is 2.54. The van der Waals surface area contributed by atoms with Gasteiger partial charge in [-0.05, 0) is 33.6 Å². The molecule has 2 rings (SSSR count). The number of halogens is 1. The van der Waals surface area contributed by atoms with Crippen LogP contribution in [0.2, 0.25) is 0 Å². The van der Waals surface area contributed by atoms with Crippen LogP contribution >= 0.6 is 0 Å². The fourth-order valence-electron chi connectivity index (χ4n) is 2.81. The molecule has 2 N–H and O–H groups in total. The van der Waals surface area contributed by atoms with Gasteiger partial charge in [0.1, 0.15) is 11.3 Å². The molecule has 0 spiro atoms. The summed E-state index contributed by atoms with van der Waals surface area (Å²) in [5.41, 5.74) is 3.93. The van der Waals surface area contributed by atoms with Gasteiger partial charge < -0.3 is 15.4 Å². The molecule has 98 valence electrons. The number of rotatable bonds is 0. The van der Waals surface area contributed by atoms with E-state index in [0.29, 0.717) is 19.4 Å². The molecule has 0 aromatic carbocycles. The molecule has 1 amide bonds. The fraction of sp³-hybridized carbons (Fsp3) is 0.917. The third-order valence-electron chi connectivity index (χ3n) is 3.47. The fourth-order valence-corrected chi connectivity index (χ4v) is 2.81. The number of amides is 1. The number of carbonyl (C=O) groups is 1.